The first-order valence-corrected chi connectivity index (χ1v) is 9.93. The first kappa shape index (κ1) is 21.9. The summed E-state index contributed by atoms with van der Waals surface area (Å²) in [7, 11) is 0. The zero-order valence-electron chi connectivity index (χ0n) is 15.3. The molecule has 28 heavy (non-hydrogen) atoms. The molecule has 0 aliphatic carbocycles. The van der Waals surface area contributed by atoms with Crippen molar-refractivity contribution >= 4 is 52.4 Å². The molecule has 1 fully saturated rings. The van der Waals surface area contributed by atoms with Gasteiger partial charge in [0.25, 0.3) is 5.91 Å². The van der Waals surface area contributed by atoms with Crippen molar-refractivity contribution in [2.24, 2.45) is 15.7 Å². The van der Waals surface area contributed by atoms with Crippen LogP contribution in [0.5, 0.6) is 0 Å². The summed E-state index contributed by atoms with van der Waals surface area (Å²) in [5.74, 6) is -0.812. The zero-order valence-corrected chi connectivity index (χ0v) is 16.9. The van der Waals surface area contributed by atoms with Gasteiger partial charge in [0, 0.05) is 19.6 Å². The van der Waals surface area contributed by atoms with Crippen LogP contribution in [0.4, 0.5) is 11.6 Å². The van der Waals surface area contributed by atoms with Crippen molar-refractivity contribution in [1.82, 2.24) is 20.2 Å². The van der Waals surface area contributed by atoms with Gasteiger partial charge in [-0.3, -0.25) is 15.1 Å². The number of halogens is 1. The van der Waals surface area contributed by atoms with Crippen LogP contribution in [0.3, 0.4) is 0 Å². The molecule has 0 radical (unpaired) electrons. The Bertz CT molecular complexity index is 763. The minimum absolute atomic E-state index is 0.00338. The van der Waals surface area contributed by atoms with Gasteiger partial charge in [-0.1, -0.05) is 29.9 Å². The number of hydrogen-bond donors (Lipinski definition) is 4. The Hall–Kier alpha value is -2.37. The van der Waals surface area contributed by atoms with Crippen LogP contribution in [0.2, 0.25) is 5.15 Å². The van der Waals surface area contributed by atoms with E-state index in [9.17, 15) is 4.79 Å². The van der Waals surface area contributed by atoms with Gasteiger partial charge in [0.1, 0.15) is 0 Å². The average Bonchev–Trinajstić information content (AvgIpc) is 2.65. The van der Waals surface area contributed by atoms with Crippen molar-refractivity contribution < 1.29 is 4.79 Å². The number of carbonyl (C=O) groups excluding carboxylic acids is 1. The third kappa shape index (κ3) is 6.66. The first-order valence-electron chi connectivity index (χ1n) is 8.60. The van der Waals surface area contributed by atoms with Crippen LogP contribution in [-0.4, -0.2) is 64.5 Å². The molecular formula is C16H24ClN9OS. The molecular weight excluding hydrogens is 402 g/mol. The van der Waals surface area contributed by atoms with Gasteiger partial charge < -0.3 is 22.1 Å². The summed E-state index contributed by atoms with van der Waals surface area (Å²) in [6.45, 7) is 7.05. The van der Waals surface area contributed by atoms with E-state index in [0.29, 0.717) is 0 Å². The lowest BCUT2D eigenvalue weighted by atomic mass is 10.1. The molecule has 0 bridgehead atoms. The first-order chi connectivity index (χ1) is 13.4. The number of anilines is 2. The maximum absolute atomic E-state index is 12.2. The van der Waals surface area contributed by atoms with Crippen LogP contribution in [0.1, 0.15) is 23.3 Å². The van der Waals surface area contributed by atoms with Crippen LogP contribution in [0.15, 0.2) is 22.0 Å². The van der Waals surface area contributed by atoms with E-state index in [-0.39, 0.29) is 34.5 Å². The summed E-state index contributed by atoms with van der Waals surface area (Å²) >= 11 is 7.25. The van der Waals surface area contributed by atoms with Crippen molar-refractivity contribution in [2.75, 3.05) is 37.6 Å². The minimum Gasteiger partial charge on any atom is -0.382 e. The van der Waals surface area contributed by atoms with E-state index in [1.54, 1.807) is 11.0 Å². The number of nitrogen functional groups attached to an aromatic ring is 2. The largest absolute Gasteiger partial charge is 0.382 e. The molecule has 152 valence electrons. The molecule has 1 amide bonds. The second-order valence-electron chi connectivity index (χ2n) is 5.99. The van der Waals surface area contributed by atoms with Crippen molar-refractivity contribution in [1.29, 1.82) is 0 Å². The maximum Gasteiger partial charge on any atom is 0.280 e. The van der Waals surface area contributed by atoms with Crippen LogP contribution in [0.25, 0.3) is 0 Å². The molecule has 1 aromatic heterocycles. The Morgan fingerprint density at radius 2 is 2.07 bits per heavy atom. The Morgan fingerprint density at radius 3 is 2.75 bits per heavy atom. The van der Waals surface area contributed by atoms with Gasteiger partial charge in [-0.15, -0.1) is 0 Å². The number of thioether (sulfide) groups is 1. The molecule has 1 aliphatic rings. The normalized spacial score (nSPS) is 16.4. The number of hydrogen-bond acceptors (Lipinski definition) is 9. The fraction of sp³-hybridized carbons (Fsp3) is 0.438. The predicted octanol–water partition coefficient (Wildman–Crippen LogP) is 0.708. The molecule has 0 spiro atoms. The maximum atomic E-state index is 12.2. The number of piperidine rings is 1. The molecule has 2 rings (SSSR count). The quantitative estimate of drug-likeness (QED) is 0.366. The van der Waals surface area contributed by atoms with Gasteiger partial charge >= 0.3 is 0 Å². The molecule has 1 aliphatic heterocycles. The van der Waals surface area contributed by atoms with E-state index in [0.717, 1.165) is 39.0 Å². The molecule has 0 unspecified atom stereocenters. The van der Waals surface area contributed by atoms with Gasteiger partial charge in [-0.05, 0) is 18.2 Å². The highest BCUT2D eigenvalue weighted by molar-refractivity contribution is 8.14. The molecule has 12 heteroatoms. The lowest BCUT2D eigenvalue weighted by Crippen LogP contribution is -2.41. The second kappa shape index (κ2) is 10.8. The smallest absolute Gasteiger partial charge is 0.280 e. The lowest BCUT2D eigenvalue weighted by molar-refractivity contribution is 0.0972. The lowest BCUT2D eigenvalue weighted by Gasteiger charge is -2.29. The van der Waals surface area contributed by atoms with Crippen molar-refractivity contribution in [3.8, 4) is 0 Å². The summed E-state index contributed by atoms with van der Waals surface area (Å²) < 4.78 is 0. The monoisotopic (exact) mass is 425 g/mol. The molecule has 0 saturated carbocycles. The van der Waals surface area contributed by atoms with E-state index in [4.69, 9.17) is 28.8 Å². The third-order valence-corrected chi connectivity index (χ3v) is 4.76. The highest BCUT2D eigenvalue weighted by atomic mass is 35.5. The SMILES string of the molecule is C=CSC=NCCN1CCC(N=C(N)NC(=O)c2nc(Cl)c(N)nc2N)CC1. The highest BCUT2D eigenvalue weighted by Gasteiger charge is 2.20. The van der Waals surface area contributed by atoms with Gasteiger partial charge in [0.05, 0.1) is 18.1 Å². The summed E-state index contributed by atoms with van der Waals surface area (Å²) in [5, 5.41) is 4.09. The number of guanidine groups is 1. The molecule has 2 heterocycles. The molecule has 0 atom stereocenters. The standard InChI is InChI=1S/C16H24ClN9OS/c1-2-28-9-21-5-8-26-6-3-10(4-7-26)22-16(20)25-15(27)11-13(18)24-14(19)12(17)23-11/h2,9-10H,1,3-8H2,(H4,18,19,24)(H3,20,22,25,27). The number of nitrogens with two attached hydrogens (primary N) is 3. The van der Waals surface area contributed by atoms with Gasteiger partial charge in [-0.25, -0.2) is 15.0 Å². The van der Waals surface area contributed by atoms with Crippen molar-refractivity contribution in [2.45, 2.75) is 18.9 Å². The number of nitrogens with one attached hydrogen (secondary N) is 1. The fourth-order valence-corrected chi connectivity index (χ4v) is 3.03. The van der Waals surface area contributed by atoms with Crippen molar-refractivity contribution in [3.63, 3.8) is 0 Å². The topological polar surface area (TPSA) is 161 Å². The summed E-state index contributed by atoms with van der Waals surface area (Å²) in [6, 6.07) is 0.0369. The Kier molecular flexibility index (Phi) is 8.48. The van der Waals surface area contributed by atoms with E-state index in [1.807, 2.05) is 0 Å². The second-order valence-corrected chi connectivity index (χ2v) is 7.16. The van der Waals surface area contributed by atoms with Crippen LogP contribution >= 0.6 is 23.4 Å². The summed E-state index contributed by atoms with van der Waals surface area (Å²) in [4.78, 5) is 30.8. The van der Waals surface area contributed by atoms with E-state index in [2.05, 4.69) is 36.7 Å². The third-order valence-electron chi connectivity index (χ3n) is 4.02. The molecule has 1 saturated heterocycles. The van der Waals surface area contributed by atoms with Gasteiger partial charge in [0.2, 0.25) is 0 Å². The fourth-order valence-electron chi connectivity index (χ4n) is 2.62. The van der Waals surface area contributed by atoms with Crippen LogP contribution in [-0.2, 0) is 0 Å². The van der Waals surface area contributed by atoms with Crippen LogP contribution < -0.4 is 22.5 Å². The Balaban J connectivity index is 1.82. The number of aromatic nitrogens is 2. The molecule has 1 aromatic rings. The number of likely N-dealkylation sites (tertiary alicyclic amines) is 1. The molecule has 7 N–H and O–H groups in total. The van der Waals surface area contributed by atoms with Gasteiger partial charge in [-0.2, -0.15) is 0 Å². The highest BCUT2D eigenvalue weighted by Crippen LogP contribution is 2.17. The zero-order chi connectivity index (χ0) is 20.5. The predicted molar refractivity (Wildman–Crippen MR) is 116 cm³/mol. The molecule has 10 nitrogen and oxygen atoms in total. The van der Waals surface area contributed by atoms with Gasteiger partial charge in [0.15, 0.2) is 28.4 Å². The Morgan fingerprint density at radius 1 is 1.36 bits per heavy atom. The molecule has 0 aromatic carbocycles. The van der Waals surface area contributed by atoms with E-state index < -0.39 is 5.91 Å². The number of aliphatic imine (C=N–C) groups is 2. The number of amides is 1. The van der Waals surface area contributed by atoms with Crippen LogP contribution in [0, 0.1) is 0 Å². The van der Waals surface area contributed by atoms with E-state index in [1.165, 1.54) is 11.8 Å². The summed E-state index contributed by atoms with van der Waals surface area (Å²) in [5.41, 5.74) is 18.6. The average molecular weight is 426 g/mol. The Labute approximate surface area is 172 Å². The summed E-state index contributed by atoms with van der Waals surface area (Å²) in [6.07, 6.45) is 1.69. The van der Waals surface area contributed by atoms with E-state index >= 15 is 0 Å². The minimum atomic E-state index is -0.638. The number of nitrogens with zero attached hydrogens (tertiary/aromatic N) is 5. The van der Waals surface area contributed by atoms with Crippen molar-refractivity contribution in [3.05, 3.63) is 22.8 Å². The number of rotatable bonds is 7. The number of carbonyl (C=O) groups is 1.